The van der Waals surface area contributed by atoms with Crippen LogP contribution in [-0.4, -0.2) is 16.7 Å². The standard InChI is InChI=1S/C18H16ClF6NO2/c1-4-6-26-7-5-10(14(26)18(23,24)25)9-28-15(27)13-11(16(13,2)3)8-12(19)17(20,21)22/h1,5,7-8,11,13H,6,9H2,2-3H3/b12-8-/t11-,13-/m0/s1. The lowest BCUT2D eigenvalue weighted by Crippen LogP contribution is -2.17. The molecular formula is C18H16ClF6NO2. The van der Waals surface area contributed by atoms with Gasteiger partial charge in [0.1, 0.15) is 17.3 Å². The highest BCUT2D eigenvalue weighted by atomic mass is 35.5. The normalized spacial score (nSPS) is 21.9. The molecule has 0 amide bonds. The second kappa shape index (κ2) is 7.39. The SMILES string of the molecule is C#CCn1ccc(COC(=O)[C@@H]2[C@H](/C=C(\Cl)C(F)(F)F)C2(C)C)c1C(F)(F)F. The first-order valence-electron chi connectivity index (χ1n) is 8.01. The fourth-order valence-corrected chi connectivity index (χ4v) is 3.27. The summed E-state index contributed by atoms with van der Waals surface area (Å²) in [6, 6.07) is 1.13. The Morgan fingerprint density at radius 1 is 1.36 bits per heavy atom. The van der Waals surface area contributed by atoms with Crippen LogP contribution < -0.4 is 0 Å². The second-order valence-corrected chi connectivity index (χ2v) is 7.37. The third-order valence-electron chi connectivity index (χ3n) is 4.71. The molecule has 1 fully saturated rings. The Balaban J connectivity index is 2.13. The van der Waals surface area contributed by atoms with Gasteiger partial charge in [0.25, 0.3) is 0 Å². The van der Waals surface area contributed by atoms with E-state index in [1.165, 1.54) is 0 Å². The molecule has 0 N–H and O–H groups in total. The van der Waals surface area contributed by atoms with Crippen molar-refractivity contribution in [1.29, 1.82) is 0 Å². The smallest absolute Gasteiger partial charge is 0.431 e. The van der Waals surface area contributed by atoms with Crippen molar-refractivity contribution in [3.8, 4) is 12.3 Å². The van der Waals surface area contributed by atoms with Crippen molar-refractivity contribution < 1.29 is 35.9 Å². The summed E-state index contributed by atoms with van der Waals surface area (Å²) in [6.45, 7) is 2.10. The van der Waals surface area contributed by atoms with E-state index in [1.54, 1.807) is 13.8 Å². The van der Waals surface area contributed by atoms with Crippen LogP contribution in [0.2, 0.25) is 0 Å². The van der Waals surface area contributed by atoms with Crippen molar-refractivity contribution in [3.63, 3.8) is 0 Å². The summed E-state index contributed by atoms with van der Waals surface area (Å²) in [4.78, 5) is 12.2. The van der Waals surface area contributed by atoms with Crippen molar-refractivity contribution in [3.05, 3.63) is 34.6 Å². The molecule has 0 aliphatic heterocycles. The van der Waals surface area contributed by atoms with Gasteiger partial charge in [-0.3, -0.25) is 4.79 Å². The second-order valence-electron chi connectivity index (χ2n) is 6.96. The largest absolute Gasteiger partial charge is 0.460 e. The molecule has 0 spiro atoms. The third-order valence-corrected chi connectivity index (χ3v) is 5.05. The molecule has 0 bridgehead atoms. The molecular weight excluding hydrogens is 412 g/mol. The summed E-state index contributed by atoms with van der Waals surface area (Å²) in [5.74, 6) is -0.569. The van der Waals surface area contributed by atoms with Crippen molar-refractivity contribution in [2.45, 2.75) is 39.4 Å². The number of esters is 1. The van der Waals surface area contributed by atoms with Crippen molar-refractivity contribution in [2.24, 2.45) is 17.3 Å². The Labute approximate surface area is 162 Å². The summed E-state index contributed by atoms with van der Waals surface area (Å²) < 4.78 is 83.2. The predicted octanol–water partition coefficient (Wildman–Crippen LogP) is 5.14. The minimum Gasteiger partial charge on any atom is -0.460 e. The van der Waals surface area contributed by atoms with E-state index >= 15 is 0 Å². The number of halogens is 7. The Hall–Kier alpha value is -2.08. The van der Waals surface area contributed by atoms with Gasteiger partial charge in [-0.2, -0.15) is 26.3 Å². The Morgan fingerprint density at radius 3 is 2.46 bits per heavy atom. The first-order valence-corrected chi connectivity index (χ1v) is 8.38. The number of hydrogen-bond acceptors (Lipinski definition) is 2. The number of rotatable bonds is 5. The van der Waals surface area contributed by atoms with Gasteiger partial charge in [0.2, 0.25) is 0 Å². The topological polar surface area (TPSA) is 31.2 Å². The average Bonchev–Trinajstić information content (AvgIpc) is 2.88. The van der Waals surface area contributed by atoms with Gasteiger partial charge >= 0.3 is 18.3 Å². The number of terminal acetylenes is 1. The van der Waals surface area contributed by atoms with Gasteiger partial charge in [-0.1, -0.05) is 37.4 Å². The van der Waals surface area contributed by atoms with Crippen LogP contribution >= 0.6 is 11.6 Å². The van der Waals surface area contributed by atoms with E-state index in [1.807, 2.05) is 0 Å². The summed E-state index contributed by atoms with van der Waals surface area (Å²) in [6.07, 6.45) is -2.55. The maximum absolute atomic E-state index is 13.2. The number of aromatic nitrogens is 1. The van der Waals surface area contributed by atoms with E-state index in [9.17, 15) is 31.1 Å². The molecule has 0 saturated heterocycles. The van der Waals surface area contributed by atoms with E-state index in [0.717, 1.165) is 22.9 Å². The van der Waals surface area contributed by atoms with E-state index in [0.29, 0.717) is 0 Å². The number of ether oxygens (including phenoxy) is 1. The molecule has 2 rings (SSSR count). The number of alkyl halides is 6. The summed E-state index contributed by atoms with van der Waals surface area (Å²) in [5.41, 5.74) is -2.19. The van der Waals surface area contributed by atoms with E-state index < -0.39 is 52.9 Å². The van der Waals surface area contributed by atoms with Crippen LogP contribution in [0.4, 0.5) is 26.3 Å². The van der Waals surface area contributed by atoms with Crippen LogP contribution in [0.15, 0.2) is 23.4 Å². The first kappa shape index (κ1) is 22.2. The van der Waals surface area contributed by atoms with Crippen molar-refractivity contribution >= 4 is 17.6 Å². The monoisotopic (exact) mass is 427 g/mol. The fraction of sp³-hybridized carbons (Fsp3) is 0.500. The lowest BCUT2D eigenvalue weighted by molar-refractivity contribution is -0.151. The number of carbonyl (C=O) groups excluding carboxylic acids is 1. The van der Waals surface area contributed by atoms with Crippen molar-refractivity contribution in [1.82, 2.24) is 4.57 Å². The summed E-state index contributed by atoms with van der Waals surface area (Å²) >= 11 is 5.21. The van der Waals surface area contributed by atoms with Crippen LogP contribution in [0.1, 0.15) is 25.1 Å². The summed E-state index contributed by atoms with van der Waals surface area (Å²) in [5, 5.41) is -1.36. The molecule has 1 aliphatic rings. The van der Waals surface area contributed by atoms with Crippen LogP contribution in [-0.2, 0) is 28.9 Å². The lowest BCUT2D eigenvalue weighted by Gasteiger charge is -2.13. The Bertz CT molecular complexity index is 829. The molecule has 1 aliphatic carbocycles. The molecule has 10 heteroatoms. The fourth-order valence-electron chi connectivity index (χ4n) is 3.14. The van der Waals surface area contributed by atoms with E-state index in [4.69, 9.17) is 22.8 Å². The molecule has 2 atom stereocenters. The maximum atomic E-state index is 13.2. The van der Waals surface area contributed by atoms with Gasteiger partial charge in [0.15, 0.2) is 0 Å². The van der Waals surface area contributed by atoms with Crippen molar-refractivity contribution in [2.75, 3.05) is 0 Å². The average molecular weight is 428 g/mol. The van der Waals surface area contributed by atoms with Gasteiger partial charge < -0.3 is 9.30 Å². The van der Waals surface area contributed by atoms with Gasteiger partial charge in [0.05, 0.1) is 12.5 Å². The number of nitrogens with zero attached hydrogens (tertiary/aromatic N) is 1. The number of hydrogen-bond donors (Lipinski definition) is 0. The molecule has 154 valence electrons. The van der Waals surface area contributed by atoms with E-state index in [-0.39, 0.29) is 12.1 Å². The van der Waals surface area contributed by atoms with Gasteiger partial charge in [-0.25, -0.2) is 0 Å². The third kappa shape index (κ3) is 4.49. The minimum absolute atomic E-state index is 0.296. The Morgan fingerprint density at radius 2 is 1.96 bits per heavy atom. The molecule has 0 aromatic carbocycles. The first-order chi connectivity index (χ1) is 12.7. The van der Waals surface area contributed by atoms with Gasteiger partial charge in [-0.05, 0) is 17.4 Å². The quantitative estimate of drug-likeness (QED) is 0.370. The number of allylic oxidation sites excluding steroid dienone is 2. The van der Waals surface area contributed by atoms with E-state index in [2.05, 4.69) is 5.92 Å². The maximum Gasteiger partial charge on any atom is 0.431 e. The lowest BCUT2D eigenvalue weighted by atomic mass is 10.1. The van der Waals surface area contributed by atoms with Crippen LogP contribution in [0.5, 0.6) is 0 Å². The molecule has 0 radical (unpaired) electrons. The van der Waals surface area contributed by atoms with Gasteiger partial charge in [-0.15, -0.1) is 6.42 Å². The molecule has 1 aromatic heterocycles. The molecule has 0 unspecified atom stereocenters. The number of carbonyl (C=O) groups is 1. The van der Waals surface area contributed by atoms with Crippen LogP contribution in [0, 0.1) is 29.6 Å². The summed E-state index contributed by atoms with van der Waals surface area (Å²) in [7, 11) is 0. The molecule has 3 nitrogen and oxygen atoms in total. The molecule has 1 aromatic rings. The zero-order valence-corrected chi connectivity index (χ0v) is 15.5. The molecule has 28 heavy (non-hydrogen) atoms. The molecule has 1 saturated carbocycles. The molecule has 1 heterocycles. The zero-order valence-electron chi connectivity index (χ0n) is 14.8. The van der Waals surface area contributed by atoms with Gasteiger partial charge in [0, 0.05) is 11.8 Å². The zero-order chi connectivity index (χ0) is 21.5. The van der Waals surface area contributed by atoms with Crippen LogP contribution in [0.25, 0.3) is 0 Å². The predicted molar refractivity (Wildman–Crippen MR) is 88.8 cm³/mol. The van der Waals surface area contributed by atoms with Crippen LogP contribution in [0.3, 0.4) is 0 Å². The Kier molecular flexibility index (Phi) is 5.86. The minimum atomic E-state index is -4.74. The highest BCUT2D eigenvalue weighted by Gasteiger charge is 2.62. The highest BCUT2D eigenvalue weighted by molar-refractivity contribution is 6.30. The highest BCUT2D eigenvalue weighted by Crippen LogP contribution is 2.60.